The lowest BCUT2D eigenvalue weighted by molar-refractivity contribution is -0.138. The molecule has 1 rings (SSSR count). The number of carbonyl (C=O) groups is 1. The molecule has 17 heavy (non-hydrogen) atoms. The molecule has 0 fully saturated rings. The average Bonchev–Trinajstić information content (AvgIpc) is 2.12. The predicted octanol–water partition coefficient (Wildman–Crippen LogP) is 1.56. The third kappa shape index (κ3) is 2.79. The number of benzene rings is 1. The van der Waals surface area contributed by atoms with Gasteiger partial charge in [0, 0.05) is 6.26 Å². The molecule has 0 bridgehead atoms. The van der Waals surface area contributed by atoms with E-state index in [-0.39, 0.29) is 5.56 Å². The fourth-order valence-electron chi connectivity index (χ4n) is 1.33. The van der Waals surface area contributed by atoms with Crippen LogP contribution in [0.4, 0.5) is 8.78 Å². The molecule has 1 aromatic carbocycles. The van der Waals surface area contributed by atoms with Gasteiger partial charge < -0.3 is 5.11 Å². The van der Waals surface area contributed by atoms with E-state index in [9.17, 15) is 22.0 Å². The van der Waals surface area contributed by atoms with Crippen molar-refractivity contribution in [3.63, 3.8) is 0 Å². The summed E-state index contributed by atoms with van der Waals surface area (Å²) >= 11 is 0. The number of hydrogen-bond acceptors (Lipinski definition) is 3. The summed E-state index contributed by atoms with van der Waals surface area (Å²) in [5, 5.41) is 8.68. The Hall–Kier alpha value is -1.50. The maximum atomic E-state index is 13.4. The molecule has 0 aliphatic heterocycles. The highest BCUT2D eigenvalue weighted by Gasteiger charge is 2.23. The summed E-state index contributed by atoms with van der Waals surface area (Å²) < 4.78 is 49.0. The zero-order valence-corrected chi connectivity index (χ0v) is 9.88. The lowest BCUT2D eigenvalue weighted by Gasteiger charge is -2.09. The van der Waals surface area contributed by atoms with Crippen LogP contribution < -0.4 is 0 Å². The monoisotopic (exact) mass is 264 g/mol. The van der Waals surface area contributed by atoms with E-state index < -0.39 is 38.3 Å². The molecule has 0 saturated heterocycles. The highest BCUT2D eigenvalue weighted by Crippen LogP contribution is 2.24. The van der Waals surface area contributed by atoms with E-state index in [1.807, 2.05) is 0 Å². The molecule has 1 atom stereocenters. The van der Waals surface area contributed by atoms with Crippen molar-refractivity contribution in [3.05, 3.63) is 29.3 Å². The Bertz CT molecular complexity index is 543. The van der Waals surface area contributed by atoms with E-state index in [1.165, 1.54) is 6.92 Å². The van der Waals surface area contributed by atoms with Gasteiger partial charge in [0.25, 0.3) is 0 Å². The maximum absolute atomic E-state index is 13.4. The van der Waals surface area contributed by atoms with Crippen molar-refractivity contribution in [2.45, 2.75) is 17.7 Å². The summed E-state index contributed by atoms with van der Waals surface area (Å²) in [7, 11) is -4.02. The van der Waals surface area contributed by atoms with Crippen molar-refractivity contribution in [2.24, 2.45) is 0 Å². The van der Waals surface area contributed by atoms with Gasteiger partial charge in [0.05, 0.1) is 5.92 Å². The lowest BCUT2D eigenvalue weighted by atomic mass is 10.0. The van der Waals surface area contributed by atoms with Gasteiger partial charge in [-0.3, -0.25) is 4.79 Å². The molecule has 0 aromatic heterocycles. The fourth-order valence-corrected chi connectivity index (χ4v) is 2.15. The van der Waals surface area contributed by atoms with Gasteiger partial charge >= 0.3 is 5.97 Å². The summed E-state index contributed by atoms with van der Waals surface area (Å²) in [5.41, 5.74) is -0.125. The first-order chi connectivity index (χ1) is 7.64. The number of hydrogen-bond donors (Lipinski definition) is 1. The number of carboxylic acids is 1. The second-order valence-corrected chi connectivity index (χ2v) is 5.60. The predicted molar refractivity (Wildman–Crippen MR) is 55.5 cm³/mol. The second-order valence-electron chi connectivity index (χ2n) is 3.65. The zero-order valence-electron chi connectivity index (χ0n) is 9.07. The highest BCUT2D eigenvalue weighted by atomic mass is 32.2. The van der Waals surface area contributed by atoms with Gasteiger partial charge in [0.1, 0.15) is 16.5 Å². The topological polar surface area (TPSA) is 71.4 Å². The quantitative estimate of drug-likeness (QED) is 0.899. The molecule has 0 spiro atoms. The van der Waals surface area contributed by atoms with Crippen LogP contribution in [0.5, 0.6) is 0 Å². The van der Waals surface area contributed by atoms with Gasteiger partial charge in [0.2, 0.25) is 0 Å². The molecular weight excluding hydrogens is 254 g/mol. The van der Waals surface area contributed by atoms with Crippen LogP contribution in [0, 0.1) is 11.6 Å². The molecule has 0 radical (unpaired) electrons. The Kier molecular flexibility index (Phi) is 3.51. The summed E-state index contributed by atoms with van der Waals surface area (Å²) in [6.07, 6.45) is 0.675. The molecule has 4 nitrogen and oxygen atoms in total. The molecule has 0 heterocycles. The molecule has 0 aliphatic carbocycles. The molecule has 1 aromatic rings. The van der Waals surface area contributed by atoms with E-state index >= 15 is 0 Å². The molecular formula is C10H10F2O4S. The largest absolute Gasteiger partial charge is 0.481 e. The summed E-state index contributed by atoms with van der Waals surface area (Å²) in [5.74, 6) is -4.94. The SMILES string of the molecule is CC(C(=O)O)c1cc(F)c(S(C)(=O)=O)c(F)c1. The lowest BCUT2D eigenvalue weighted by Crippen LogP contribution is -2.11. The van der Waals surface area contributed by atoms with Crippen LogP contribution in [0.2, 0.25) is 0 Å². The molecule has 0 saturated carbocycles. The van der Waals surface area contributed by atoms with Crippen LogP contribution in [0.1, 0.15) is 18.4 Å². The molecule has 7 heteroatoms. The van der Waals surface area contributed by atoms with Crippen molar-refractivity contribution < 1.29 is 27.1 Å². The van der Waals surface area contributed by atoms with Crippen LogP contribution in [0.15, 0.2) is 17.0 Å². The standard InChI is InChI=1S/C10H10F2O4S/c1-5(10(13)14)6-3-7(11)9(8(12)4-6)17(2,15)16/h3-5H,1-2H3,(H,13,14). The average molecular weight is 264 g/mol. The molecule has 94 valence electrons. The third-order valence-corrected chi connectivity index (χ3v) is 3.39. The first-order valence-electron chi connectivity index (χ1n) is 4.56. The minimum absolute atomic E-state index is 0.125. The number of rotatable bonds is 3. The van der Waals surface area contributed by atoms with Crippen molar-refractivity contribution in [2.75, 3.05) is 6.26 Å². The van der Waals surface area contributed by atoms with Crippen molar-refractivity contribution in [3.8, 4) is 0 Å². The normalized spacial score (nSPS) is 13.4. The number of halogens is 2. The summed E-state index contributed by atoms with van der Waals surface area (Å²) in [6.45, 7) is 1.25. The second kappa shape index (κ2) is 4.40. The van der Waals surface area contributed by atoms with E-state index in [2.05, 4.69) is 0 Å². The minimum Gasteiger partial charge on any atom is -0.481 e. The first-order valence-corrected chi connectivity index (χ1v) is 6.45. The van der Waals surface area contributed by atoms with E-state index in [4.69, 9.17) is 5.11 Å². The van der Waals surface area contributed by atoms with Crippen molar-refractivity contribution in [1.82, 2.24) is 0 Å². The number of sulfone groups is 1. The van der Waals surface area contributed by atoms with Crippen molar-refractivity contribution in [1.29, 1.82) is 0 Å². The van der Waals surface area contributed by atoms with Gasteiger partial charge in [-0.05, 0) is 24.6 Å². The first kappa shape index (κ1) is 13.6. The summed E-state index contributed by atoms with van der Waals surface area (Å²) in [4.78, 5) is 9.60. The molecule has 1 N–H and O–H groups in total. The Labute approximate surface area is 96.8 Å². The number of aliphatic carboxylic acids is 1. The smallest absolute Gasteiger partial charge is 0.310 e. The molecule has 0 aliphatic rings. The fraction of sp³-hybridized carbons (Fsp3) is 0.300. The van der Waals surface area contributed by atoms with E-state index in [1.54, 1.807) is 0 Å². The zero-order chi connectivity index (χ0) is 13.4. The van der Waals surface area contributed by atoms with E-state index in [0.29, 0.717) is 6.26 Å². The third-order valence-electron chi connectivity index (χ3n) is 2.26. The molecule has 0 amide bonds. The van der Waals surface area contributed by atoms with Gasteiger partial charge in [-0.1, -0.05) is 0 Å². The van der Waals surface area contributed by atoms with Crippen molar-refractivity contribution >= 4 is 15.8 Å². The van der Waals surface area contributed by atoms with Crippen LogP contribution in [0.25, 0.3) is 0 Å². The number of carboxylic acid groups (broad SMARTS) is 1. The Morgan fingerprint density at radius 2 is 1.71 bits per heavy atom. The van der Waals surface area contributed by atoms with Gasteiger partial charge in [0.15, 0.2) is 9.84 Å². The Morgan fingerprint density at radius 3 is 2.00 bits per heavy atom. The summed E-state index contributed by atoms with van der Waals surface area (Å²) in [6, 6.07) is 1.44. The maximum Gasteiger partial charge on any atom is 0.310 e. The van der Waals surface area contributed by atoms with Gasteiger partial charge in [-0.25, -0.2) is 17.2 Å². The van der Waals surface area contributed by atoms with Crippen LogP contribution in [0.3, 0.4) is 0 Å². The Balaban J connectivity index is 3.43. The van der Waals surface area contributed by atoms with Gasteiger partial charge in [-0.2, -0.15) is 0 Å². The van der Waals surface area contributed by atoms with Gasteiger partial charge in [-0.15, -0.1) is 0 Å². The minimum atomic E-state index is -4.02. The highest BCUT2D eigenvalue weighted by molar-refractivity contribution is 7.90. The Morgan fingerprint density at radius 1 is 1.29 bits per heavy atom. The van der Waals surface area contributed by atoms with E-state index in [0.717, 1.165) is 12.1 Å². The van der Waals surface area contributed by atoms with Crippen LogP contribution in [-0.4, -0.2) is 25.7 Å². The molecule has 1 unspecified atom stereocenters. The van der Waals surface area contributed by atoms with Crippen LogP contribution in [-0.2, 0) is 14.6 Å². The van der Waals surface area contributed by atoms with Crippen LogP contribution >= 0.6 is 0 Å².